The highest BCUT2D eigenvalue weighted by atomic mass is 16.1. The smallest absolute Gasteiger partial charge is 0.271 e. The van der Waals surface area contributed by atoms with Gasteiger partial charge in [-0.2, -0.15) is 9.97 Å². The van der Waals surface area contributed by atoms with E-state index >= 15 is 0 Å². The molecule has 2 rings (SSSR count). The number of nitrogens with zero attached hydrogens (tertiary/aromatic N) is 3. The van der Waals surface area contributed by atoms with Gasteiger partial charge in [0.15, 0.2) is 11.5 Å². The van der Waals surface area contributed by atoms with Crippen LogP contribution in [0.2, 0.25) is 0 Å². The maximum Gasteiger partial charge on any atom is 0.271 e. The molecule has 0 aromatic carbocycles. The topological polar surface area (TPSA) is 124 Å². The van der Waals surface area contributed by atoms with E-state index < -0.39 is 0 Å². The van der Waals surface area contributed by atoms with Crippen LogP contribution in [-0.4, -0.2) is 19.9 Å². The molecule has 0 spiro atoms. The summed E-state index contributed by atoms with van der Waals surface area (Å²) in [6.45, 7) is 5.68. The van der Waals surface area contributed by atoms with Crippen LogP contribution in [0.4, 0.5) is 11.8 Å². The first-order chi connectivity index (χ1) is 7.79. The second-order valence-electron chi connectivity index (χ2n) is 4.83. The number of rotatable bonds is 0. The van der Waals surface area contributed by atoms with Crippen molar-refractivity contribution in [3.05, 3.63) is 16.0 Å². The number of nitrogens with two attached hydrogens (primary N) is 2. The van der Waals surface area contributed by atoms with Crippen LogP contribution in [-0.2, 0) is 5.41 Å². The summed E-state index contributed by atoms with van der Waals surface area (Å²) in [6, 6.07) is 0. The average Bonchev–Trinajstić information content (AvgIpc) is 2.13. The van der Waals surface area contributed by atoms with Crippen LogP contribution < -0.4 is 17.0 Å². The van der Waals surface area contributed by atoms with Crippen molar-refractivity contribution in [2.75, 3.05) is 11.5 Å². The first kappa shape index (κ1) is 11.3. The summed E-state index contributed by atoms with van der Waals surface area (Å²) in [5.74, 6) is 0.171. The fraction of sp³-hybridized carbons (Fsp3) is 0.400. The predicted octanol–water partition coefficient (Wildman–Crippen LogP) is 0.175. The molecule has 7 heteroatoms. The van der Waals surface area contributed by atoms with E-state index in [-0.39, 0.29) is 28.4 Å². The second-order valence-corrected chi connectivity index (χ2v) is 4.83. The molecule has 0 aliphatic carbocycles. The molecule has 0 aliphatic rings. The Labute approximate surface area is 97.3 Å². The normalized spacial score (nSPS) is 11.9. The minimum Gasteiger partial charge on any atom is -0.382 e. The lowest BCUT2D eigenvalue weighted by atomic mass is 9.92. The van der Waals surface area contributed by atoms with Crippen LogP contribution in [0.3, 0.4) is 0 Å². The third-order valence-electron chi connectivity index (χ3n) is 2.31. The molecule has 0 amide bonds. The van der Waals surface area contributed by atoms with E-state index in [0.717, 1.165) is 0 Å². The molecule has 5 N–H and O–H groups in total. The number of H-pyrrole nitrogens is 1. The van der Waals surface area contributed by atoms with Gasteiger partial charge in [0, 0.05) is 5.41 Å². The molecule has 0 atom stereocenters. The first-order valence-corrected chi connectivity index (χ1v) is 5.12. The molecule has 0 bridgehead atoms. The zero-order chi connectivity index (χ0) is 12.8. The molecule has 0 saturated carbocycles. The largest absolute Gasteiger partial charge is 0.382 e. The van der Waals surface area contributed by atoms with Gasteiger partial charge in [-0.15, -0.1) is 0 Å². The van der Waals surface area contributed by atoms with Crippen molar-refractivity contribution in [1.82, 2.24) is 19.9 Å². The van der Waals surface area contributed by atoms with Gasteiger partial charge in [-0.05, 0) is 0 Å². The second kappa shape index (κ2) is 3.41. The number of aromatic amines is 1. The number of hydrogen-bond acceptors (Lipinski definition) is 6. The Morgan fingerprint density at radius 3 is 2.35 bits per heavy atom. The zero-order valence-electron chi connectivity index (χ0n) is 9.90. The van der Waals surface area contributed by atoms with Crippen molar-refractivity contribution in [3.8, 4) is 0 Å². The van der Waals surface area contributed by atoms with Crippen LogP contribution in [0.25, 0.3) is 11.2 Å². The van der Waals surface area contributed by atoms with Crippen molar-refractivity contribution >= 4 is 22.9 Å². The van der Waals surface area contributed by atoms with Gasteiger partial charge in [-0.3, -0.25) is 4.79 Å². The Bertz CT molecular complexity index is 640. The first-order valence-electron chi connectivity index (χ1n) is 5.12. The summed E-state index contributed by atoms with van der Waals surface area (Å²) < 4.78 is 0. The lowest BCUT2D eigenvalue weighted by Gasteiger charge is -2.16. The quantitative estimate of drug-likeness (QED) is 0.597. The Morgan fingerprint density at radius 2 is 1.76 bits per heavy atom. The third kappa shape index (κ3) is 1.91. The van der Waals surface area contributed by atoms with Gasteiger partial charge in [0.1, 0.15) is 11.2 Å². The molecule has 0 radical (unpaired) electrons. The van der Waals surface area contributed by atoms with Crippen molar-refractivity contribution in [2.45, 2.75) is 26.2 Å². The Balaban J connectivity index is 2.86. The van der Waals surface area contributed by atoms with Crippen LogP contribution in [0.5, 0.6) is 0 Å². The lowest BCUT2D eigenvalue weighted by Crippen LogP contribution is -2.27. The maximum absolute atomic E-state index is 11.8. The van der Waals surface area contributed by atoms with Crippen LogP contribution in [0.1, 0.15) is 26.5 Å². The molecule has 2 aromatic rings. The molecule has 0 aliphatic heterocycles. The maximum atomic E-state index is 11.8. The molecular weight excluding hydrogens is 220 g/mol. The van der Waals surface area contributed by atoms with Crippen LogP contribution >= 0.6 is 0 Å². The summed E-state index contributed by atoms with van der Waals surface area (Å²) in [7, 11) is 0. The Morgan fingerprint density at radius 1 is 1.12 bits per heavy atom. The van der Waals surface area contributed by atoms with Crippen molar-refractivity contribution < 1.29 is 0 Å². The van der Waals surface area contributed by atoms with Crippen LogP contribution in [0.15, 0.2) is 4.79 Å². The van der Waals surface area contributed by atoms with Gasteiger partial charge in [-0.1, -0.05) is 20.8 Å². The highest BCUT2D eigenvalue weighted by molar-refractivity contribution is 5.81. The highest BCUT2D eigenvalue weighted by Gasteiger charge is 2.21. The van der Waals surface area contributed by atoms with Gasteiger partial charge >= 0.3 is 0 Å². The number of nitrogens with one attached hydrogen (secondary N) is 1. The minimum absolute atomic E-state index is 0.0101. The fourth-order valence-electron chi connectivity index (χ4n) is 1.53. The molecule has 0 saturated heterocycles. The van der Waals surface area contributed by atoms with Crippen molar-refractivity contribution in [1.29, 1.82) is 0 Å². The number of aromatic nitrogens is 4. The molecule has 7 nitrogen and oxygen atoms in total. The summed E-state index contributed by atoms with van der Waals surface area (Å²) >= 11 is 0. The number of hydrogen-bond donors (Lipinski definition) is 3. The number of nitrogen functional groups attached to an aromatic ring is 2. The van der Waals surface area contributed by atoms with E-state index in [9.17, 15) is 4.79 Å². The Hall–Kier alpha value is -2.18. The van der Waals surface area contributed by atoms with E-state index in [2.05, 4.69) is 19.9 Å². The molecule has 17 heavy (non-hydrogen) atoms. The van der Waals surface area contributed by atoms with E-state index in [1.807, 2.05) is 20.8 Å². The summed E-state index contributed by atoms with van der Waals surface area (Å²) in [6.07, 6.45) is 0. The molecule has 2 aromatic heterocycles. The third-order valence-corrected chi connectivity index (χ3v) is 2.31. The van der Waals surface area contributed by atoms with E-state index in [0.29, 0.717) is 11.2 Å². The molecular formula is C10H14N6O. The Kier molecular flexibility index (Phi) is 2.27. The minimum atomic E-state index is -0.379. The van der Waals surface area contributed by atoms with Gasteiger partial charge in [0.25, 0.3) is 5.56 Å². The summed E-state index contributed by atoms with van der Waals surface area (Å²) in [5, 5.41) is 0. The summed E-state index contributed by atoms with van der Waals surface area (Å²) in [5.41, 5.74) is 11.5. The number of anilines is 2. The van der Waals surface area contributed by atoms with E-state index in [4.69, 9.17) is 11.5 Å². The van der Waals surface area contributed by atoms with Crippen molar-refractivity contribution in [3.63, 3.8) is 0 Å². The summed E-state index contributed by atoms with van der Waals surface area (Å²) in [4.78, 5) is 26.4. The lowest BCUT2D eigenvalue weighted by molar-refractivity contribution is 0.562. The molecule has 0 fully saturated rings. The van der Waals surface area contributed by atoms with Gasteiger partial charge in [-0.25, -0.2) is 4.98 Å². The zero-order valence-corrected chi connectivity index (χ0v) is 9.90. The van der Waals surface area contributed by atoms with Gasteiger partial charge in [0.2, 0.25) is 5.95 Å². The number of fused-ring (bicyclic) bond motifs is 1. The SMILES string of the molecule is CC(C)(C)c1nc2c(N)nc(N)nc2[nH]c1=O. The average molecular weight is 234 g/mol. The van der Waals surface area contributed by atoms with Crippen LogP contribution in [0, 0.1) is 0 Å². The molecule has 0 unspecified atom stereocenters. The monoisotopic (exact) mass is 234 g/mol. The predicted molar refractivity (Wildman–Crippen MR) is 65.5 cm³/mol. The van der Waals surface area contributed by atoms with Gasteiger partial charge < -0.3 is 16.5 Å². The van der Waals surface area contributed by atoms with Gasteiger partial charge in [0.05, 0.1) is 0 Å². The van der Waals surface area contributed by atoms with Crippen molar-refractivity contribution in [2.24, 2.45) is 0 Å². The highest BCUT2D eigenvalue weighted by Crippen LogP contribution is 2.20. The fourth-order valence-corrected chi connectivity index (χ4v) is 1.53. The van der Waals surface area contributed by atoms with E-state index in [1.54, 1.807) is 0 Å². The standard InChI is InChI=1S/C10H14N6O/c1-10(2,3)5-8(17)15-7-4(13-5)6(11)14-9(12)16-7/h1-3H3,(H5,11,12,14,15,16,17). The molecule has 2 heterocycles. The van der Waals surface area contributed by atoms with E-state index in [1.165, 1.54) is 0 Å². The molecule has 90 valence electrons.